The number of anilines is 2. The lowest BCUT2D eigenvalue weighted by Gasteiger charge is -2.33. The molecule has 1 saturated heterocycles. The molecule has 5 rings (SSSR count). The second kappa shape index (κ2) is 11.1. The zero-order chi connectivity index (χ0) is 29.4. The summed E-state index contributed by atoms with van der Waals surface area (Å²) in [5.74, 6) is 0. The van der Waals surface area contributed by atoms with Gasteiger partial charge in [0.25, 0.3) is 0 Å². The third kappa shape index (κ3) is 6.68. The number of pyridine rings is 1. The number of hydrogen-bond acceptors (Lipinski definition) is 5. The first kappa shape index (κ1) is 28.6. The highest BCUT2D eigenvalue weighted by Gasteiger charge is 2.34. The van der Waals surface area contributed by atoms with Crippen molar-refractivity contribution in [3.63, 3.8) is 0 Å². The van der Waals surface area contributed by atoms with Gasteiger partial charge < -0.3 is 15.5 Å². The minimum atomic E-state index is -4.54. The first-order valence-corrected chi connectivity index (χ1v) is 13.5. The van der Waals surface area contributed by atoms with Gasteiger partial charge in [0, 0.05) is 60.6 Å². The number of amides is 2. The van der Waals surface area contributed by atoms with Gasteiger partial charge in [-0.3, -0.25) is 10.00 Å². The molecule has 1 aliphatic heterocycles. The summed E-state index contributed by atoms with van der Waals surface area (Å²) >= 11 is 0. The maximum absolute atomic E-state index is 13.9. The lowest BCUT2D eigenvalue weighted by molar-refractivity contribution is -0.138. The number of hydrogen-bond donors (Lipinski definition) is 3. The molecule has 0 spiro atoms. The minimum Gasteiger partial charge on any atom is -0.308 e. The van der Waals surface area contributed by atoms with E-state index in [4.69, 9.17) is 4.98 Å². The summed E-state index contributed by atoms with van der Waals surface area (Å²) in [7, 11) is 2.00. The number of carbonyl (C=O) groups excluding carboxylic acids is 1. The molecule has 0 aliphatic carbocycles. The average Bonchev–Trinajstić information content (AvgIpc) is 3.39. The number of rotatable bonds is 5. The van der Waals surface area contributed by atoms with Gasteiger partial charge in [0.15, 0.2) is 5.65 Å². The van der Waals surface area contributed by atoms with Crippen molar-refractivity contribution in [3.8, 4) is 11.1 Å². The SMILES string of the molecule is CN1CCN(Cc2ccc(NC(=O)Nc3ccc(-c4cc(C(C)(C)C)nc5[nH]ncc45)cc3)cc2C(F)(F)F)CC1. The van der Waals surface area contributed by atoms with E-state index in [2.05, 4.69) is 46.5 Å². The normalized spacial score (nSPS) is 15.3. The Morgan fingerprint density at radius 1 is 0.951 bits per heavy atom. The zero-order valence-corrected chi connectivity index (χ0v) is 23.6. The van der Waals surface area contributed by atoms with E-state index >= 15 is 0 Å². The van der Waals surface area contributed by atoms with Crippen LogP contribution in [-0.4, -0.2) is 64.2 Å². The predicted octanol–water partition coefficient (Wildman–Crippen LogP) is 6.33. The Balaban J connectivity index is 1.29. The Morgan fingerprint density at radius 3 is 2.27 bits per heavy atom. The van der Waals surface area contributed by atoms with Crippen molar-refractivity contribution >= 4 is 28.4 Å². The topological polar surface area (TPSA) is 89.2 Å². The van der Waals surface area contributed by atoms with Crippen molar-refractivity contribution in [2.24, 2.45) is 0 Å². The predicted molar refractivity (Wildman–Crippen MR) is 155 cm³/mol. The molecule has 2 aromatic carbocycles. The number of likely N-dealkylation sites (N-methyl/N-ethyl adjacent to an activating group) is 1. The Hall–Kier alpha value is -3.96. The highest BCUT2D eigenvalue weighted by Crippen LogP contribution is 2.35. The molecule has 41 heavy (non-hydrogen) atoms. The Bertz CT molecular complexity index is 1530. The molecule has 3 N–H and O–H groups in total. The van der Waals surface area contributed by atoms with Crippen LogP contribution >= 0.6 is 0 Å². The lowest BCUT2D eigenvalue weighted by Crippen LogP contribution is -2.44. The van der Waals surface area contributed by atoms with E-state index in [9.17, 15) is 18.0 Å². The van der Waals surface area contributed by atoms with Crippen LogP contribution in [-0.2, 0) is 18.1 Å². The largest absolute Gasteiger partial charge is 0.416 e. The number of halogens is 3. The van der Waals surface area contributed by atoms with Crippen LogP contribution < -0.4 is 10.6 Å². The molecule has 0 atom stereocenters. The molecule has 0 bridgehead atoms. The average molecular weight is 566 g/mol. The molecule has 216 valence electrons. The van der Waals surface area contributed by atoms with E-state index in [-0.39, 0.29) is 23.2 Å². The van der Waals surface area contributed by atoms with E-state index in [1.807, 2.05) is 30.1 Å². The standard InChI is InChI=1S/C30H34F3N7O/c1-29(2,3)26-16-23(24-17-34-38-27(24)37-26)19-5-8-21(9-6-19)35-28(41)36-22-10-7-20(25(15-22)30(31,32)33)18-40-13-11-39(4)12-14-40/h5-10,15-17H,11-14,18H2,1-4H3,(H,34,37,38)(H2,35,36,41). The van der Waals surface area contributed by atoms with Gasteiger partial charge in [-0.2, -0.15) is 18.3 Å². The third-order valence-corrected chi connectivity index (χ3v) is 7.31. The van der Waals surface area contributed by atoms with Gasteiger partial charge in [0.2, 0.25) is 0 Å². The molecule has 0 saturated carbocycles. The van der Waals surface area contributed by atoms with Crippen molar-refractivity contribution in [2.75, 3.05) is 43.9 Å². The molecule has 4 aromatic rings. The monoisotopic (exact) mass is 565 g/mol. The van der Waals surface area contributed by atoms with Crippen LogP contribution in [0.2, 0.25) is 0 Å². The van der Waals surface area contributed by atoms with Gasteiger partial charge in [-0.1, -0.05) is 39.0 Å². The molecule has 0 unspecified atom stereocenters. The van der Waals surface area contributed by atoms with E-state index in [0.717, 1.165) is 41.4 Å². The fourth-order valence-corrected chi connectivity index (χ4v) is 4.88. The summed E-state index contributed by atoms with van der Waals surface area (Å²) in [6.07, 6.45) is -2.80. The molecule has 8 nitrogen and oxygen atoms in total. The first-order chi connectivity index (χ1) is 19.4. The highest BCUT2D eigenvalue weighted by atomic mass is 19.4. The van der Waals surface area contributed by atoms with Crippen LogP contribution in [0.3, 0.4) is 0 Å². The van der Waals surface area contributed by atoms with Crippen molar-refractivity contribution in [3.05, 3.63) is 71.5 Å². The summed E-state index contributed by atoms with van der Waals surface area (Å²) in [6.45, 7) is 9.53. The van der Waals surface area contributed by atoms with Gasteiger partial charge in [0.1, 0.15) is 0 Å². The summed E-state index contributed by atoms with van der Waals surface area (Å²) in [4.78, 5) is 21.5. The maximum atomic E-state index is 13.9. The number of piperazine rings is 1. The minimum absolute atomic E-state index is 0.0717. The number of nitrogens with one attached hydrogen (secondary N) is 3. The number of aromatic nitrogens is 3. The summed E-state index contributed by atoms with van der Waals surface area (Å²) < 4.78 is 41.7. The molecule has 3 heterocycles. The van der Waals surface area contributed by atoms with Crippen LogP contribution in [0.5, 0.6) is 0 Å². The van der Waals surface area contributed by atoms with E-state index < -0.39 is 17.8 Å². The van der Waals surface area contributed by atoms with E-state index in [0.29, 0.717) is 24.4 Å². The molecular formula is C30H34F3N7O. The number of urea groups is 1. The van der Waals surface area contributed by atoms with Crippen LogP contribution in [0, 0.1) is 0 Å². The van der Waals surface area contributed by atoms with E-state index in [1.54, 1.807) is 18.3 Å². The first-order valence-electron chi connectivity index (χ1n) is 13.5. The molecule has 2 aromatic heterocycles. The summed E-state index contributed by atoms with van der Waals surface area (Å²) in [6, 6.07) is 12.6. The number of alkyl halides is 3. The van der Waals surface area contributed by atoms with Crippen LogP contribution in [0.25, 0.3) is 22.2 Å². The smallest absolute Gasteiger partial charge is 0.308 e. The summed E-state index contributed by atoms with van der Waals surface area (Å²) in [5, 5.41) is 13.2. The van der Waals surface area contributed by atoms with Crippen LogP contribution in [0.15, 0.2) is 54.7 Å². The van der Waals surface area contributed by atoms with Gasteiger partial charge in [-0.25, -0.2) is 9.78 Å². The maximum Gasteiger partial charge on any atom is 0.416 e. The molecular weight excluding hydrogens is 531 g/mol. The fourth-order valence-electron chi connectivity index (χ4n) is 4.88. The molecule has 1 aliphatic rings. The second-order valence-corrected chi connectivity index (χ2v) is 11.5. The third-order valence-electron chi connectivity index (χ3n) is 7.31. The zero-order valence-electron chi connectivity index (χ0n) is 23.6. The van der Waals surface area contributed by atoms with Crippen molar-refractivity contribution in [1.82, 2.24) is 25.0 Å². The number of aromatic amines is 1. The Kier molecular flexibility index (Phi) is 7.76. The highest BCUT2D eigenvalue weighted by molar-refractivity contribution is 6.00. The number of nitrogens with zero attached hydrogens (tertiary/aromatic N) is 4. The van der Waals surface area contributed by atoms with Gasteiger partial charge >= 0.3 is 12.2 Å². The second-order valence-electron chi connectivity index (χ2n) is 11.5. The lowest BCUT2D eigenvalue weighted by atomic mass is 9.89. The van der Waals surface area contributed by atoms with E-state index in [1.165, 1.54) is 12.1 Å². The summed E-state index contributed by atoms with van der Waals surface area (Å²) in [5.41, 5.74) is 3.35. The fraction of sp³-hybridized carbons (Fsp3) is 0.367. The Morgan fingerprint density at radius 2 is 1.61 bits per heavy atom. The molecule has 11 heteroatoms. The van der Waals surface area contributed by atoms with Gasteiger partial charge in [-0.15, -0.1) is 0 Å². The van der Waals surface area contributed by atoms with Crippen LogP contribution in [0.4, 0.5) is 29.3 Å². The number of fused-ring (bicyclic) bond motifs is 1. The Labute approximate surface area is 236 Å². The molecule has 1 fully saturated rings. The molecule has 2 amide bonds. The quantitative estimate of drug-likeness (QED) is 0.263. The van der Waals surface area contributed by atoms with Crippen LogP contribution in [0.1, 0.15) is 37.6 Å². The van der Waals surface area contributed by atoms with Gasteiger partial charge in [-0.05, 0) is 54.1 Å². The number of H-pyrrole nitrogens is 1. The van der Waals surface area contributed by atoms with Crippen molar-refractivity contribution in [1.29, 1.82) is 0 Å². The number of carbonyl (C=O) groups is 1. The van der Waals surface area contributed by atoms with Crippen molar-refractivity contribution < 1.29 is 18.0 Å². The number of benzene rings is 2. The van der Waals surface area contributed by atoms with Gasteiger partial charge in [0.05, 0.1) is 11.8 Å². The van der Waals surface area contributed by atoms with Crippen molar-refractivity contribution in [2.45, 2.75) is 38.9 Å². The molecule has 0 radical (unpaired) electrons.